The van der Waals surface area contributed by atoms with Crippen LogP contribution in [0, 0.1) is 0 Å². The highest BCUT2D eigenvalue weighted by atomic mass is 35.5. The second-order valence-corrected chi connectivity index (χ2v) is 4.43. The fourth-order valence-corrected chi connectivity index (χ4v) is 1.94. The Bertz CT molecular complexity index is 738. The van der Waals surface area contributed by atoms with Crippen molar-refractivity contribution in [2.75, 3.05) is 5.32 Å². The van der Waals surface area contributed by atoms with Crippen LogP contribution < -0.4 is 5.32 Å². The van der Waals surface area contributed by atoms with Crippen LogP contribution in [0.1, 0.15) is 10.6 Å². The Morgan fingerprint density at radius 2 is 2.16 bits per heavy atom. The first-order chi connectivity index (χ1) is 9.22. The molecule has 3 rings (SSSR count). The summed E-state index contributed by atoms with van der Waals surface area (Å²) < 4.78 is 5.47. The predicted molar refractivity (Wildman–Crippen MR) is 73.4 cm³/mol. The molecule has 19 heavy (non-hydrogen) atoms. The average Bonchev–Trinajstić information content (AvgIpc) is 2.83. The molecule has 2 heterocycles. The summed E-state index contributed by atoms with van der Waals surface area (Å²) in [6, 6.07) is 10.4. The third-order valence-electron chi connectivity index (χ3n) is 2.62. The van der Waals surface area contributed by atoms with E-state index in [2.05, 4.69) is 10.3 Å². The van der Waals surface area contributed by atoms with Gasteiger partial charge in [-0.2, -0.15) is 0 Å². The largest absolute Gasteiger partial charge is 0.451 e. The third kappa shape index (κ3) is 2.44. The van der Waals surface area contributed by atoms with Gasteiger partial charge in [0.2, 0.25) is 0 Å². The number of amides is 1. The molecule has 2 aromatic heterocycles. The van der Waals surface area contributed by atoms with Crippen LogP contribution in [0.2, 0.25) is 5.02 Å². The zero-order valence-corrected chi connectivity index (χ0v) is 10.5. The number of rotatable bonds is 2. The van der Waals surface area contributed by atoms with Crippen molar-refractivity contribution < 1.29 is 9.21 Å². The summed E-state index contributed by atoms with van der Waals surface area (Å²) in [7, 11) is 0. The van der Waals surface area contributed by atoms with E-state index in [1.54, 1.807) is 48.8 Å². The summed E-state index contributed by atoms with van der Waals surface area (Å²) in [6.07, 6.45) is 3.20. The number of carbonyl (C=O) groups is 1. The number of pyridine rings is 1. The number of halogens is 1. The van der Waals surface area contributed by atoms with Crippen molar-refractivity contribution in [2.45, 2.75) is 0 Å². The number of benzene rings is 1. The third-order valence-corrected chi connectivity index (χ3v) is 2.86. The van der Waals surface area contributed by atoms with Crippen molar-refractivity contribution in [3.8, 4) is 0 Å². The minimum Gasteiger partial charge on any atom is -0.451 e. The lowest BCUT2D eigenvalue weighted by atomic mass is 10.2. The normalized spacial score (nSPS) is 10.6. The first-order valence-corrected chi connectivity index (χ1v) is 6.01. The van der Waals surface area contributed by atoms with Gasteiger partial charge in [-0.3, -0.25) is 9.78 Å². The van der Waals surface area contributed by atoms with Crippen LogP contribution in [0.15, 0.2) is 53.2 Å². The van der Waals surface area contributed by atoms with Gasteiger partial charge in [0.25, 0.3) is 5.91 Å². The minimum absolute atomic E-state index is 0.237. The number of anilines is 1. The maximum Gasteiger partial charge on any atom is 0.291 e. The van der Waals surface area contributed by atoms with Crippen LogP contribution in [0.5, 0.6) is 0 Å². The zero-order chi connectivity index (χ0) is 13.2. The summed E-state index contributed by atoms with van der Waals surface area (Å²) >= 11 is 5.89. The van der Waals surface area contributed by atoms with Gasteiger partial charge < -0.3 is 9.73 Å². The van der Waals surface area contributed by atoms with Crippen molar-refractivity contribution in [2.24, 2.45) is 0 Å². The molecule has 3 aromatic rings. The van der Waals surface area contributed by atoms with E-state index >= 15 is 0 Å². The van der Waals surface area contributed by atoms with E-state index in [4.69, 9.17) is 16.0 Å². The molecule has 5 heteroatoms. The van der Waals surface area contributed by atoms with E-state index < -0.39 is 0 Å². The van der Waals surface area contributed by atoms with Crippen LogP contribution in [-0.4, -0.2) is 10.9 Å². The quantitative estimate of drug-likeness (QED) is 0.773. The maximum atomic E-state index is 12.0. The van der Waals surface area contributed by atoms with E-state index in [1.165, 1.54) is 0 Å². The van der Waals surface area contributed by atoms with Crippen molar-refractivity contribution in [1.29, 1.82) is 0 Å². The van der Waals surface area contributed by atoms with E-state index in [-0.39, 0.29) is 11.7 Å². The van der Waals surface area contributed by atoms with Gasteiger partial charge in [-0.25, -0.2) is 0 Å². The topological polar surface area (TPSA) is 55.1 Å². The molecule has 0 radical (unpaired) electrons. The molecule has 0 saturated carbocycles. The van der Waals surface area contributed by atoms with E-state index in [9.17, 15) is 4.79 Å². The summed E-state index contributed by atoms with van der Waals surface area (Å²) in [4.78, 5) is 15.9. The molecule has 1 aromatic carbocycles. The molecule has 4 nitrogen and oxygen atoms in total. The number of furan rings is 1. The number of hydrogen-bond donors (Lipinski definition) is 1. The number of carbonyl (C=O) groups excluding carboxylic acids is 1. The van der Waals surface area contributed by atoms with Crippen LogP contribution in [0.3, 0.4) is 0 Å². The molecule has 0 aliphatic rings. The van der Waals surface area contributed by atoms with E-state index in [0.717, 1.165) is 5.39 Å². The first kappa shape index (κ1) is 11.7. The van der Waals surface area contributed by atoms with Gasteiger partial charge in [0.15, 0.2) is 5.76 Å². The second kappa shape index (κ2) is 4.74. The predicted octanol–water partition coefficient (Wildman–Crippen LogP) is 3.73. The highest BCUT2D eigenvalue weighted by Crippen LogP contribution is 2.23. The number of aromatic nitrogens is 1. The molecule has 1 N–H and O–H groups in total. The Labute approximate surface area is 114 Å². The van der Waals surface area contributed by atoms with Crippen molar-refractivity contribution in [1.82, 2.24) is 4.98 Å². The van der Waals surface area contributed by atoms with Crippen molar-refractivity contribution in [3.63, 3.8) is 0 Å². The number of nitrogens with one attached hydrogen (secondary N) is 1. The maximum absolute atomic E-state index is 12.0. The summed E-state index contributed by atoms with van der Waals surface area (Å²) in [6.45, 7) is 0. The minimum atomic E-state index is -0.319. The van der Waals surface area contributed by atoms with Gasteiger partial charge in [-0.1, -0.05) is 11.6 Å². The monoisotopic (exact) mass is 272 g/mol. The van der Waals surface area contributed by atoms with Gasteiger partial charge in [0.1, 0.15) is 5.58 Å². The summed E-state index contributed by atoms with van der Waals surface area (Å²) in [5, 5.41) is 4.11. The van der Waals surface area contributed by atoms with E-state index in [0.29, 0.717) is 16.3 Å². The Hall–Kier alpha value is -2.33. The number of nitrogens with zero attached hydrogens (tertiary/aromatic N) is 1. The van der Waals surface area contributed by atoms with Gasteiger partial charge in [-0.15, -0.1) is 0 Å². The molecule has 0 unspecified atom stereocenters. The smallest absolute Gasteiger partial charge is 0.291 e. The van der Waals surface area contributed by atoms with Gasteiger partial charge >= 0.3 is 0 Å². The standard InChI is InChI=1S/C14H9ClN2O2/c15-10-3-4-12-9(6-10)7-13(19-12)14(18)17-11-2-1-5-16-8-11/h1-8H,(H,17,18). The average molecular weight is 273 g/mol. The molecular formula is C14H9ClN2O2. The Kier molecular flexibility index (Phi) is 2.93. The number of fused-ring (bicyclic) bond motifs is 1. The fraction of sp³-hybridized carbons (Fsp3) is 0. The number of hydrogen-bond acceptors (Lipinski definition) is 3. The van der Waals surface area contributed by atoms with Gasteiger partial charge in [-0.05, 0) is 36.4 Å². The zero-order valence-electron chi connectivity index (χ0n) is 9.76. The highest BCUT2D eigenvalue weighted by Gasteiger charge is 2.12. The highest BCUT2D eigenvalue weighted by molar-refractivity contribution is 6.31. The lowest BCUT2D eigenvalue weighted by Crippen LogP contribution is -2.10. The first-order valence-electron chi connectivity index (χ1n) is 5.63. The van der Waals surface area contributed by atoms with Crippen molar-refractivity contribution >= 4 is 34.2 Å². The fourth-order valence-electron chi connectivity index (χ4n) is 1.76. The lowest BCUT2D eigenvalue weighted by molar-refractivity contribution is 0.0998. The molecule has 0 aliphatic heterocycles. The van der Waals surface area contributed by atoms with Gasteiger partial charge in [0.05, 0.1) is 11.9 Å². The molecule has 94 valence electrons. The SMILES string of the molecule is O=C(Nc1cccnc1)c1cc2cc(Cl)ccc2o1. The van der Waals surface area contributed by atoms with Crippen LogP contribution in [0.4, 0.5) is 5.69 Å². The summed E-state index contributed by atoms with van der Waals surface area (Å²) in [5.41, 5.74) is 1.24. The Morgan fingerprint density at radius 1 is 1.26 bits per heavy atom. The van der Waals surface area contributed by atoms with E-state index in [1.807, 2.05) is 0 Å². The molecule has 0 atom stereocenters. The van der Waals surface area contributed by atoms with Crippen molar-refractivity contribution in [3.05, 3.63) is 59.6 Å². The molecule has 0 bridgehead atoms. The molecule has 0 saturated heterocycles. The molecular weight excluding hydrogens is 264 g/mol. The van der Waals surface area contributed by atoms with Gasteiger partial charge in [0, 0.05) is 16.6 Å². The summed E-state index contributed by atoms with van der Waals surface area (Å²) in [5.74, 6) is -0.0820. The molecule has 0 aliphatic carbocycles. The molecule has 0 fully saturated rings. The molecule has 1 amide bonds. The van der Waals surface area contributed by atoms with Crippen LogP contribution in [-0.2, 0) is 0 Å². The Morgan fingerprint density at radius 3 is 2.95 bits per heavy atom. The van der Waals surface area contributed by atoms with Crippen LogP contribution in [0.25, 0.3) is 11.0 Å². The molecule has 0 spiro atoms. The second-order valence-electron chi connectivity index (χ2n) is 3.99. The Balaban J connectivity index is 1.89. The van der Waals surface area contributed by atoms with Crippen LogP contribution >= 0.6 is 11.6 Å². The lowest BCUT2D eigenvalue weighted by Gasteiger charge is -2.00.